The fourth-order valence-electron chi connectivity index (χ4n) is 3.72. The maximum atomic E-state index is 11.3. The van der Waals surface area contributed by atoms with E-state index in [0.717, 1.165) is 41.7 Å². The summed E-state index contributed by atoms with van der Waals surface area (Å²) in [5.74, 6) is 0.112. The third-order valence-corrected chi connectivity index (χ3v) is 5.07. The van der Waals surface area contributed by atoms with Crippen molar-refractivity contribution in [2.45, 2.75) is 18.8 Å². The largest absolute Gasteiger partial charge is 0.382 e. The molecule has 1 aliphatic heterocycles. The van der Waals surface area contributed by atoms with E-state index in [-0.39, 0.29) is 5.92 Å². The number of carbonyl (C=O) groups excluding carboxylic acids is 1. The predicted octanol–water partition coefficient (Wildman–Crippen LogP) is 1.76. The summed E-state index contributed by atoms with van der Waals surface area (Å²) in [7, 11) is 0. The number of benzene rings is 1. The highest BCUT2D eigenvalue weighted by atomic mass is 16.1. The van der Waals surface area contributed by atoms with Gasteiger partial charge in [-0.3, -0.25) is 4.79 Å². The number of aromatic nitrogens is 3. The standard InChI is InChI=1S/C19H19N7O/c20-10-25-7-1-2-13(8-25)15-9-26(17-16(15)23-11-24-18(17)21)14-5-3-12(4-6-14)19(22)27/h3-6,9,11,13H,1-2,7-8H2,(H2,22,27)(H2,21,23,24). The molecule has 8 heteroatoms. The molecule has 4 N–H and O–H groups in total. The smallest absolute Gasteiger partial charge is 0.248 e. The fourth-order valence-corrected chi connectivity index (χ4v) is 3.72. The van der Waals surface area contributed by atoms with Crippen molar-refractivity contribution in [2.75, 3.05) is 18.8 Å². The van der Waals surface area contributed by atoms with E-state index in [2.05, 4.69) is 16.2 Å². The number of anilines is 1. The minimum atomic E-state index is -0.471. The van der Waals surface area contributed by atoms with E-state index in [4.69, 9.17) is 11.5 Å². The zero-order valence-corrected chi connectivity index (χ0v) is 14.7. The van der Waals surface area contributed by atoms with Gasteiger partial charge in [-0.1, -0.05) is 0 Å². The molecule has 1 aliphatic rings. The van der Waals surface area contributed by atoms with Crippen LogP contribution in [0.15, 0.2) is 36.8 Å². The lowest BCUT2D eigenvalue weighted by atomic mass is 9.92. The molecule has 4 rings (SSSR count). The van der Waals surface area contributed by atoms with E-state index >= 15 is 0 Å². The molecule has 1 unspecified atom stereocenters. The number of nitriles is 1. The van der Waals surface area contributed by atoms with Gasteiger partial charge in [0.15, 0.2) is 12.0 Å². The molecule has 0 aliphatic carbocycles. The Bertz CT molecular complexity index is 1050. The summed E-state index contributed by atoms with van der Waals surface area (Å²) in [6, 6.07) is 7.00. The number of amides is 1. The summed E-state index contributed by atoms with van der Waals surface area (Å²) in [5.41, 5.74) is 15.3. The second-order valence-corrected chi connectivity index (χ2v) is 6.71. The molecule has 1 atom stereocenters. The molecule has 0 saturated carbocycles. The third-order valence-electron chi connectivity index (χ3n) is 5.07. The number of carbonyl (C=O) groups is 1. The van der Waals surface area contributed by atoms with Gasteiger partial charge in [0.25, 0.3) is 0 Å². The van der Waals surface area contributed by atoms with E-state index in [0.29, 0.717) is 17.9 Å². The first-order valence-electron chi connectivity index (χ1n) is 8.75. The monoisotopic (exact) mass is 361 g/mol. The van der Waals surface area contributed by atoms with E-state index in [9.17, 15) is 10.1 Å². The number of nitrogens with two attached hydrogens (primary N) is 2. The Hall–Kier alpha value is -3.60. The van der Waals surface area contributed by atoms with Crippen LogP contribution in [0.5, 0.6) is 0 Å². The van der Waals surface area contributed by atoms with Gasteiger partial charge >= 0.3 is 0 Å². The highest BCUT2D eigenvalue weighted by Crippen LogP contribution is 2.35. The van der Waals surface area contributed by atoms with Crippen molar-refractivity contribution in [3.05, 3.63) is 47.9 Å². The number of fused-ring (bicyclic) bond motifs is 1. The van der Waals surface area contributed by atoms with Gasteiger partial charge in [-0.05, 0) is 37.1 Å². The molecule has 0 bridgehead atoms. The molecule has 2 aromatic heterocycles. The van der Waals surface area contributed by atoms with Gasteiger partial charge in [0.1, 0.15) is 11.8 Å². The average molecular weight is 361 g/mol. The fraction of sp³-hybridized carbons (Fsp3) is 0.263. The van der Waals surface area contributed by atoms with E-state index in [1.165, 1.54) is 6.33 Å². The second kappa shape index (κ2) is 6.61. The van der Waals surface area contributed by atoms with E-state index in [1.807, 2.05) is 22.9 Å². The number of primary amides is 1. The summed E-state index contributed by atoms with van der Waals surface area (Å²) < 4.78 is 1.94. The number of rotatable bonds is 3. The lowest BCUT2D eigenvalue weighted by molar-refractivity contribution is 0.100. The molecule has 1 aromatic carbocycles. The topological polar surface area (TPSA) is 127 Å². The SMILES string of the molecule is N#CN1CCCC(c2cn(-c3ccc(C(N)=O)cc3)c3c(N)ncnc23)C1. The van der Waals surface area contributed by atoms with Crippen molar-refractivity contribution in [3.63, 3.8) is 0 Å². The molecule has 8 nitrogen and oxygen atoms in total. The number of hydrogen-bond donors (Lipinski definition) is 2. The minimum absolute atomic E-state index is 0.196. The van der Waals surface area contributed by atoms with Crippen LogP contribution in [0.4, 0.5) is 5.82 Å². The van der Waals surface area contributed by atoms with Gasteiger partial charge in [-0.25, -0.2) is 9.97 Å². The van der Waals surface area contributed by atoms with Gasteiger partial charge in [0.05, 0.1) is 5.52 Å². The Morgan fingerprint density at radius 3 is 2.74 bits per heavy atom. The molecule has 3 heterocycles. The first kappa shape index (κ1) is 16.8. The Morgan fingerprint density at radius 1 is 1.26 bits per heavy atom. The molecule has 136 valence electrons. The van der Waals surface area contributed by atoms with Crippen LogP contribution in [0, 0.1) is 11.5 Å². The third kappa shape index (κ3) is 2.93. The van der Waals surface area contributed by atoms with Crippen LogP contribution in [0.1, 0.15) is 34.7 Å². The molecule has 1 amide bonds. The summed E-state index contributed by atoms with van der Waals surface area (Å²) in [6.45, 7) is 1.46. The van der Waals surface area contributed by atoms with Crippen molar-refractivity contribution in [2.24, 2.45) is 5.73 Å². The Balaban J connectivity index is 1.84. The summed E-state index contributed by atoms with van der Waals surface area (Å²) in [6.07, 6.45) is 7.67. The van der Waals surface area contributed by atoms with Crippen LogP contribution < -0.4 is 11.5 Å². The summed E-state index contributed by atoms with van der Waals surface area (Å²) in [4.78, 5) is 21.7. The van der Waals surface area contributed by atoms with Crippen molar-refractivity contribution in [3.8, 4) is 11.9 Å². The molecule has 3 aromatic rings. The number of hydrogen-bond acceptors (Lipinski definition) is 6. The van der Waals surface area contributed by atoms with Gasteiger partial charge in [0, 0.05) is 42.0 Å². The van der Waals surface area contributed by atoms with Crippen LogP contribution >= 0.6 is 0 Å². The lowest BCUT2D eigenvalue weighted by Gasteiger charge is -2.28. The number of piperidine rings is 1. The van der Waals surface area contributed by atoms with Crippen LogP contribution in [0.3, 0.4) is 0 Å². The van der Waals surface area contributed by atoms with Gasteiger partial charge in [-0.2, -0.15) is 5.26 Å². The number of nitrogens with zero attached hydrogens (tertiary/aromatic N) is 5. The highest BCUT2D eigenvalue weighted by Gasteiger charge is 2.26. The van der Waals surface area contributed by atoms with Crippen LogP contribution in [0.25, 0.3) is 16.7 Å². The molecule has 0 radical (unpaired) electrons. The molecule has 1 fully saturated rings. The van der Waals surface area contributed by atoms with Gasteiger partial charge < -0.3 is 20.9 Å². The molecular weight excluding hydrogens is 342 g/mol. The highest BCUT2D eigenvalue weighted by molar-refractivity contribution is 5.93. The average Bonchev–Trinajstić information content (AvgIpc) is 3.09. The Kier molecular flexibility index (Phi) is 4.12. The predicted molar refractivity (Wildman–Crippen MR) is 101 cm³/mol. The minimum Gasteiger partial charge on any atom is -0.382 e. The maximum Gasteiger partial charge on any atom is 0.248 e. The maximum absolute atomic E-state index is 11.3. The van der Waals surface area contributed by atoms with Crippen molar-refractivity contribution in [1.29, 1.82) is 5.26 Å². The first-order chi connectivity index (χ1) is 13.1. The molecule has 1 saturated heterocycles. The zero-order chi connectivity index (χ0) is 19.0. The van der Waals surface area contributed by atoms with E-state index < -0.39 is 5.91 Å². The van der Waals surface area contributed by atoms with E-state index in [1.54, 1.807) is 17.0 Å². The van der Waals surface area contributed by atoms with Crippen molar-refractivity contribution in [1.82, 2.24) is 19.4 Å². The molecule has 27 heavy (non-hydrogen) atoms. The van der Waals surface area contributed by atoms with Crippen LogP contribution in [-0.4, -0.2) is 38.4 Å². The lowest BCUT2D eigenvalue weighted by Crippen LogP contribution is -2.30. The van der Waals surface area contributed by atoms with Gasteiger partial charge in [-0.15, -0.1) is 0 Å². The zero-order valence-electron chi connectivity index (χ0n) is 14.7. The number of likely N-dealkylation sites (tertiary alicyclic amines) is 1. The summed E-state index contributed by atoms with van der Waals surface area (Å²) >= 11 is 0. The Morgan fingerprint density at radius 2 is 2.04 bits per heavy atom. The van der Waals surface area contributed by atoms with Crippen molar-refractivity contribution >= 4 is 22.8 Å². The second-order valence-electron chi connectivity index (χ2n) is 6.71. The first-order valence-corrected chi connectivity index (χ1v) is 8.75. The van der Waals surface area contributed by atoms with Crippen molar-refractivity contribution < 1.29 is 4.79 Å². The Labute approximate surface area is 156 Å². The quantitative estimate of drug-likeness (QED) is 0.684. The normalized spacial score (nSPS) is 17.0. The van der Waals surface area contributed by atoms with Gasteiger partial charge in [0.2, 0.25) is 5.91 Å². The summed E-state index contributed by atoms with van der Waals surface area (Å²) in [5, 5.41) is 9.25. The molecular formula is C19H19N7O. The molecule has 0 spiro atoms. The van der Waals surface area contributed by atoms with Crippen LogP contribution in [0.2, 0.25) is 0 Å². The van der Waals surface area contributed by atoms with Crippen LogP contribution in [-0.2, 0) is 0 Å². The number of nitrogen functional groups attached to an aromatic ring is 1.